The van der Waals surface area contributed by atoms with Crippen LogP contribution in [-0.2, 0) is 19.4 Å². The second kappa shape index (κ2) is 5.60. The van der Waals surface area contributed by atoms with Crippen LogP contribution in [0.15, 0.2) is 30.3 Å². The summed E-state index contributed by atoms with van der Waals surface area (Å²) in [6.07, 6.45) is 0. The van der Waals surface area contributed by atoms with Crippen molar-refractivity contribution >= 4 is 9.71 Å². The molecule has 0 spiro atoms. The van der Waals surface area contributed by atoms with Gasteiger partial charge in [-0.05, 0) is 0 Å². The van der Waals surface area contributed by atoms with E-state index in [1.54, 1.807) is 19.4 Å². The van der Waals surface area contributed by atoms with Crippen molar-refractivity contribution in [1.29, 1.82) is 0 Å². The third kappa shape index (κ3) is 3.27. The van der Waals surface area contributed by atoms with Crippen LogP contribution in [0.1, 0.15) is 20.8 Å². The molecule has 1 aromatic rings. The van der Waals surface area contributed by atoms with Gasteiger partial charge in [-0.25, -0.2) is 0 Å². The Balaban J connectivity index is 2.78. The molecule has 0 aliphatic rings. The minimum absolute atomic E-state index is 0.658. The summed E-state index contributed by atoms with van der Waals surface area (Å²) in [7, 11) is 2.16. The van der Waals surface area contributed by atoms with E-state index in [0.717, 1.165) is 0 Å². The van der Waals surface area contributed by atoms with Crippen LogP contribution in [-0.4, -0.2) is 11.1 Å². The first-order valence-electron chi connectivity index (χ1n) is 5.36. The van der Waals surface area contributed by atoms with E-state index in [-0.39, 0.29) is 0 Å². The summed E-state index contributed by atoms with van der Waals surface area (Å²) < 4.78 is 1.51. The van der Waals surface area contributed by atoms with Crippen molar-refractivity contribution in [2.24, 2.45) is 11.8 Å². The van der Waals surface area contributed by atoms with Crippen molar-refractivity contribution in [2.75, 3.05) is 11.9 Å². The van der Waals surface area contributed by atoms with Gasteiger partial charge in [0.05, 0.1) is 0 Å². The number of hydrogen-bond acceptors (Lipinski definition) is 1. The molecule has 0 aromatic heterocycles. The molecule has 82 valence electrons. The van der Waals surface area contributed by atoms with Crippen LogP contribution in [0, 0.1) is 11.8 Å². The van der Waals surface area contributed by atoms with Crippen molar-refractivity contribution in [3.8, 4) is 0 Å². The molecule has 0 fully saturated rings. The molecular weight excluding hydrogens is 354 g/mol. The fraction of sp³-hybridized carbons (Fsp3) is 0.462. The SMILES string of the molecule is CC(C)C(C)[C](=[W])N(C)c1ccccc1. The molecule has 0 amide bonds. The molecular formula is C13H19NW. The van der Waals surface area contributed by atoms with E-state index in [0.29, 0.717) is 11.8 Å². The van der Waals surface area contributed by atoms with Gasteiger partial charge in [-0.3, -0.25) is 0 Å². The van der Waals surface area contributed by atoms with Gasteiger partial charge in [0.15, 0.2) is 0 Å². The van der Waals surface area contributed by atoms with Crippen LogP contribution in [0.2, 0.25) is 0 Å². The van der Waals surface area contributed by atoms with Crippen molar-refractivity contribution in [1.82, 2.24) is 0 Å². The summed E-state index contributed by atoms with van der Waals surface area (Å²) in [5.74, 6) is 1.37. The van der Waals surface area contributed by atoms with Gasteiger partial charge in [0.1, 0.15) is 0 Å². The summed E-state index contributed by atoms with van der Waals surface area (Å²) >= 11 is 1.57. The van der Waals surface area contributed by atoms with E-state index < -0.39 is 0 Å². The number of hydrogen-bond donors (Lipinski definition) is 0. The molecule has 1 atom stereocenters. The number of benzene rings is 1. The van der Waals surface area contributed by atoms with Crippen LogP contribution < -0.4 is 4.90 Å². The summed E-state index contributed by atoms with van der Waals surface area (Å²) in [6, 6.07) is 10.6. The van der Waals surface area contributed by atoms with Gasteiger partial charge in [-0.1, -0.05) is 0 Å². The molecule has 1 aromatic carbocycles. The van der Waals surface area contributed by atoms with E-state index in [1.807, 2.05) is 0 Å². The molecule has 1 unspecified atom stereocenters. The number of anilines is 1. The molecule has 15 heavy (non-hydrogen) atoms. The second-order valence-electron chi connectivity index (χ2n) is 4.27. The zero-order valence-corrected chi connectivity index (χ0v) is 12.8. The molecule has 0 aliphatic carbocycles. The van der Waals surface area contributed by atoms with Gasteiger partial charge in [0, 0.05) is 0 Å². The van der Waals surface area contributed by atoms with Crippen LogP contribution >= 0.6 is 0 Å². The first kappa shape index (κ1) is 12.6. The molecule has 0 aliphatic heterocycles. The van der Waals surface area contributed by atoms with Gasteiger partial charge >= 0.3 is 104 Å². The van der Waals surface area contributed by atoms with E-state index in [1.165, 1.54) is 9.71 Å². The quantitative estimate of drug-likeness (QED) is 0.784. The molecule has 2 heteroatoms. The average Bonchev–Trinajstić information content (AvgIpc) is 2.27. The summed E-state index contributed by atoms with van der Waals surface area (Å²) in [6.45, 7) is 6.88. The fourth-order valence-electron chi connectivity index (χ4n) is 1.37. The predicted molar refractivity (Wildman–Crippen MR) is 63.9 cm³/mol. The van der Waals surface area contributed by atoms with E-state index >= 15 is 0 Å². The Hall–Kier alpha value is -0.422. The number of para-hydroxylation sites is 1. The molecule has 0 heterocycles. The topological polar surface area (TPSA) is 3.24 Å². The summed E-state index contributed by atoms with van der Waals surface area (Å²) in [5, 5.41) is 0. The molecule has 1 rings (SSSR count). The van der Waals surface area contributed by atoms with Crippen LogP contribution in [0.4, 0.5) is 5.69 Å². The van der Waals surface area contributed by atoms with Crippen molar-refractivity contribution < 1.29 is 19.4 Å². The third-order valence-corrected chi connectivity index (χ3v) is 5.18. The number of nitrogens with zero attached hydrogens (tertiary/aromatic N) is 1. The standard InChI is InChI=1S/C13H19N.W/c1-11(2)12(3)10-14(4)13-8-6-5-7-9-13;/h5-9,11-12H,1-4H3;. The maximum atomic E-state index is 2.32. The van der Waals surface area contributed by atoms with Gasteiger partial charge in [0.2, 0.25) is 0 Å². The molecule has 0 bridgehead atoms. The van der Waals surface area contributed by atoms with E-state index in [9.17, 15) is 0 Å². The van der Waals surface area contributed by atoms with Crippen LogP contribution in [0.3, 0.4) is 0 Å². The Morgan fingerprint density at radius 2 is 1.67 bits per heavy atom. The fourth-order valence-corrected chi connectivity index (χ4v) is 2.73. The predicted octanol–water partition coefficient (Wildman–Crippen LogP) is 3.09. The molecule has 0 radical (unpaired) electrons. The Morgan fingerprint density at radius 3 is 2.13 bits per heavy atom. The minimum atomic E-state index is 0.658. The summed E-state index contributed by atoms with van der Waals surface area (Å²) in [4.78, 5) is 2.32. The Bertz CT molecular complexity index is 319. The normalized spacial score (nSPS) is 12.6. The molecule has 0 saturated heterocycles. The first-order chi connectivity index (χ1) is 7.04. The third-order valence-electron chi connectivity index (χ3n) is 2.86. The zero-order valence-electron chi connectivity index (χ0n) is 9.90. The number of rotatable bonds is 4. The van der Waals surface area contributed by atoms with E-state index in [4.69, 9.17) is 0 Å². The Morgan fingerprint density at radius 1 is 1.13 bits per heavy atom. The zero-order chi connectivity index (χ0) is 11.4. The van der Waals surface area contributed by atoms with Gasteiger partial charge in [-0.2, -0.15) is 0 Å². The molecule has 0 saturated carbocycles. The van der Waals surface area contributed by atoms with Crippen LogP contribution in [0.25, 0.3) is 0 Å². The second-order valence-corrected chi connectivity index (χ2v) is 5.77. The summed E-state index contributed by atoms with van der Waals surface area (Å²) in [5.41, 5.74) is 1.29. The van der Waals surface area contributed by atoms with Crippen molar-refractivity contribution in [2.45, 2.75) is 20.8 Å². The Labute approximate surface area is 104 Å². The maximum absolute atomic E-state index is 2.32. The van der Waals surface area contributed by atoms with E-state index in [2.05, 4.69) is 63.1 Å². The van der Waals surface area contributed by atoms with Gasteiger partial charge < -0.3 is 0 Å². The van der Waals surface area contributed by atoms with Crippen molar-refractivity contribution in [3.63, 3.8) is 0 Å². The van der Waals surface area contributed by atoms with Gasteiger partial charge in [0.25, 0.3) is 0 Å². The van der Waals surface area contributed by atoms with Crippen molar-refractivity contribution in [3.05, 3.63) is 30.3 Å². The Kier molecular flexibility index (Phi) is 4.73. The first-order valence-corrected chi connectivity index (χ1v) is 6.83. The van der Waals surface area contributed by atoms with Gasteiger partial charge in [-0.15, -0.1) is 0 Å². The average molecular weight is 373 g/mol. The molecule has 0 N–H and O–H groups in total. The van der Waals surface area contributed by atoms with Crippen LogP contribution in [0.5, 0.6) is 0 Å². The molecule has 1 nitrogen and oxygen atoms in total. The monoisotopic (exact) mass is 373 g/mol.